The summed E-state index contributed by atoms with van der Waals surface area (Å²) >= 11 is 0. The zero-order valence-corrected chi connectivity index (χ0v) is 16.9. The van der Waals surface area contributed by atoms with E-state index in [9.17, 15) is 4.79 Å². The summed E-state index contributed by atoms with van der Waals surface area (Å²) < 4.78 is 26.5. The third-order valence-corrected chi connectivity index (χ3v) is 3.11. The molecule has 0 atom stereocenters. The van der Waals surface area contributed by atoms with Crippen LogP contribution in [0.15, 0.2) is 0 Å². The maximum absolute atomic E-state index is 11.5. The van der Waals surface area contributed by atoms with E-state index in [1.165, 1.54) is 0 Å². The van der Waals surface area contributed by atoms with Crippen LogP contribution in [-0.2, 0) is 28.5 Å². The van der Waals surface area contributed by atoms with Crippen LogP contribution in [0.5, 0.6) is 0 Å². The van der Waals surface area contributed by atoms with E-state index in [4.69, 9.17) is 33.9 Å². The fourth-order valence-corrected chi connectivity index (χ4v) is 1.83. The number of aliphatic hydroxyl groups excluding tert-OH is 2. The molecule has 162 valence electrons. The highest BCUT2D eigenvalue weighted by atomic mass is 16.6. The molecule has 0 aliphatic rings. The predicted octanol–water partition coefficient (Wildman–Crippen LogP) is -0.273. The van der Waals surface area contributed by atoms with Gasteiger partial charge in [0.05, 0.1) is 78.5 Å². The van der Waals surface area contributed by atoms with E-state index in [1.54, 1.807) is 0 Å². The van der Waals surface area contributed by atoms with Crippen LogP contribution in [-0.4, -0.2) is 100 Å². The second kappa shape index (κ2) is 17.3. The second-order valence-corrected chi connectivity index (χ2v) is 6.80. The summed E-state index contributed by atoms with van der Waals surface area (Å²) in [6, 6.07) is -0.303. The Balaban J connectivity index is 3.20. The molecule has 0 fully saturated rings. The Morgan fingerprint density at radius 1 is 0.815 bits per heavy atom. The van der Waals surface area contributed by atoms with E-state index >= 15 is 0 Å². The lowest BCUT2D eigenvalue weighted by molar-refractivity contribution is -0.156. The van der Waals surface area contributed by atoms with Crippen molar-refractivity contribution < 1.29 is 38.7 Å². The SMILES string of the molecule is CC(C)(C)OC(=O)CCOCCOCCOCCOCCNC(CO)CO. The average molecular weight is 395 g/mol. The number of nitrogens with one attached hydrogen (secondary N) is 1. The zero-order valence-electron chi connectivity index (χ0n) is 16.9. The standard InChI is InChI=1S/C18H37NO8/c1-18(2,3)27-17(22)4-6-23-8-10-25-12-13-26-11-9-24-7-5-19-16(14-20)15-21/h16,19-21H,4-15H2,1-3H3. The summed E-state index contributed by atoms with van der Waals surface area (Å²) in [5, 5.41) is 20.7. The number of hydrogen-bond donors (Lipinski definition) is 3. The van der Waals surface area contributed by atoms with Gasteiger partial charge in [0, 0.05) is 6.54 Å². The number of carbonyl (C=O) groups excluding carboxylic acids is 1. The molecule has 0 aliphatic heterocycles. The molecule has 0 heterocycles. The molecule has 0 aromatic rings. The average Bonchev–Trinajstić information content (AvgIpc) is 2.60. The first-order valence-corrected chi connectivity index (χ1v) is 9.37. The van der Waals surface area contributed by atoms with Crippen LogP contribution in [0.1, 0.15) is 27.2 Å². The van der Waals surface area contributed by atoms with Gasteiger partial charge in [0.15, 0.2) is 0 Å². The maximum atomic E-state index is 11.5. The molecule has 0 aromatic carbocycles. The van der Waals surface area contributed by atoms with Crippen LogP contribution in [0.2, 0.25) is 0 Å². The molecular formula is C18H37NO8. The molecule has 3 N–H and O–H groups in total. The van der Waals surface area contributed by atoms with Gasteiger partial charge in [-0.1, -0.05) is 0 Å². The van der Waals surface area contributed by atoms with Crippen LogP contribution in [0.3, 0.4) is 0 Å². The molecule has 0 bridgehead atoms. The van der Waals surface area contributed by atoms with E-state index in [0.717, 1.165) is 0 Å². The van der Waals surface area contributed by atoms with Gasteiger partial charge in [-0.3, -0.25) is 4.79 Å². The van der Waals surface area contributed by atoms with E-state index in [-0.39, 0.29) is 31.6 Å². The third-order valence-electron chi connectivity index (χ3n) is 3.11. The predicted molar refractivity (Wildman–Crippen MR) is 99.7 cm³/mol. The van der Waals surface area contributed by atoms with E-state index in [1.807, 2.05) is 20.8 Å². The van der Waals surface area contributed by atoms with Gasteiger partial charge in [-0.15, -0.1) is 0 Å². The minimum absolute atomic E-state index is 0.103. The van der Waals surface area contributed by atoms with Crippen LogP contribution < -0.4 is 5.32 Å². The highest BCUT2D eigenvalue weighted by Gasteiger charge is 2.15. The molecule has 9 heteroatoms. The van der Waals surface area contributed by atoms with Crippen molar-refractivity contribution in [2.45, 2.75) is 38.8 Å². The first-order chi connectivity index (χ1) is 12.9. The van der Waals surface area contributed by atoms with Gasteiger partial charge in [0.2, 0.25) is 0 Å². The number of carbonyl (C=O) groups is 1. The molecule has 0 radical (unpaired) electrons. The number of aliphatic hydroxyl groups is 2. The van der Waals surface area contributed by atoms with Gasteiger partial charge >= 0.3 is 5.97 Å². The number of esters is 1. The Bertz CT molecular complexity index is 345. The van der Waals surface area contributed by atoms with Gasteiger partial charge in [-0.2, -0.15) is 0 Å². The van der Waals surface area contributed by atoms with Crippen molar-refractivity contribution in [2.75, 3.05) is 72.6 Å². The Kier molecular flexibility index (Phi) is 16.8. The molecule has 9 nitrogen and oxygen atoms in total. The largest absolute Gasteiger partial charge is 0.460 e. The molecule has 0 aromatic heterocycles. The molecule has 0 amide bonds. The summed E-state index contributed by atoms with van der Waals surface area (Å²) in [5.41, 5.74) is -0.467. The molecule has 27 heavy (non-hydrogen) atoms. The fraction of sp³-hybridized carbons (Fsp3) is 0.944. The van der Waals surface area contributed by atoms with Crippen molar-refractivity contribution in [2.24, 2.45) is 0 Å². The number of ether oxygens (including phenoxy) is 5. The lowest BCUT2D eigenvalue weighted by Crippen LogP contribution is -2.37. The first kappa shape index (κ1) is 26.2. The fourth-order valence-electron chi connectivity index (χ4n) is 1.83. The van der Waals surface area contributed by atoms with Crippen LogP contribution >= 0.6 is 0 Å². The summed E-state index contributed by atoms with van der Waals surface area (Å²) in [6.07, 6.45) is 0.233. The van der Waals surface area contributed by atoms with Crippen LogP contribution in [0.25, 0.3) is 0 Å². The number of hydrogen-bond acceptors (Lipinski definition) is 9. The summed E-state index contributed by atoms with van der Waals surface area (Å²) in [4.78, 5) is 11.5. The molecule has 0 aliphatic carbocycles. The highest BCUT2D eigenvalue weighted by molar-refractivity contribution is 5.69. The summed E-state index contributed by atoms with van der Waals surface area (Å²) in [5.74, 6) is -0.267. The maximum Gasteiger partial charge on any atom is 0.308 e. The Hall–Kier alpha value is -0.810. The Morgan fingerprint density at radius 3 is 1.70 bits per heavy atom. The molecule has 0 unspecified atom stereocenters. The van der Waals surface area contributed by atoms with Crippen molar-refractivity contribution in [1.82, 2.24) is 5.32 Å². The minimum atomic E-state index is -0.467. The summed E-state index contributed by atoms with van der Waals surface area (Å²) in [7, 11) is 0. The number of rotatable bonds is 18. The Labute approximate surface area is 162 Å². The molecular weight excluding hydrogens is 358 g/mol. The highest BCUT2D eigenvalue weighted by Crippen LogP contribution is 2.07. The first-order valence-electron chi connectivity index (χ1n) is 9.37. The lowest BCUT2D eigenvalue weighted by atomic mass is 10.2. The van der Waals surface area contributed by atoms with Crippen molar-refractivity contribution in [3.63, 3.8) is 0 Å². The van der Waals surface area contributed by atoms with Crippen molar-refractivity contribution in [3.05, 3.63) is 0 Å². The van der Waals surface area contributed by atoms with E-state index < -0.39 is 5.60 Å². The van der Waals surface area contributed by atoms with Gasteiger partial charge in [-0.25, -0.2) is 0 Å². The normalized spacial score (nSPS) is 11.9. The minimum Gasteiger partial charge on any atom is -0.460 e. The third kappa shape index (κ3) is 19.7. The monoisotopic (exact) mass is 395 g/mol. The lowest BCUT2D eigenvalue weighted by Gasteiger charge is -2.19. The van der Waals surface area contributed by atoms with Crippen molar-refractivity contribution >= 4 is 5.97 Å². The van der Waals surface area contributed by atoms with Crippen LogP contribution in [0.4, 0.5) is 0 Å². The molecule has 0 saturated carbocycles. The van der Waals surface area contributed by atoms with Gasteiger partial charge in [-0.05, 0) is 20.8 Å². The van der Waals surface area contributed by atoms with Gasteiger partial charge in [0.1, 0.15) is 5.60 Å². The summed E-state index contributed by atoms with van der Waals surface area (Å²) in [6.45, 7) is 9.38. The quantitative estimate of drug-likeness (QED) is 0.213. The van der Waals surface area contributed by atoms with Gasteiger partial charge in [0.25, 0.3) is 0 Å². The van der Waals surface area contributed by atoms with E-state index in [2.05, 4.69) is 5.32 Å². The molecule has 0 spiro atoms. The van der Waals surface area contributed by atoms with E-state index in [0.29, 0.717) is 59.4 Å². The molecule has 0 saturated heterocycles. The van der Waals surface area contributed by atoms with Crippen molar-refractivity contribution in [1.29, 1.82) is 0 Å². The van der Waals surface area contributed by atoms with Crippen LogP contribution in [0, 0.1) is 0 Å². The molecule has 0 rings (SSSR count). The van der Waals surface area contributed by atoms with Crippen molar-refractivity contribution in [3.8, 4) is 0 Å². The topological polar surface area (TPSA) is 116 Å². The smallest absolute Gasteiger partial charge is 0.308 e. The van der Waals surface area contributed by atoms with Gasteiger partial charge < -0.3 is 39.2 Å². The second-order valence-electron chi connectivity index (χ2n) is 6.80. The zero-order chi connectivity index (χ0) is 20.4. The Morgan fingerprint density at radius 2 is 1.26 bits per heavy atom.